The Morgan fingerprint density at radius 3 is 2.56 bits per heavy atom. The van der Waals surface area contributed by atoms with Crippen molar-refractivity contribution in [2.75, 3.05) is 20.3 Å². The summed E-state index contributed by atoms with van der Waals surface area (Å²) in [6, 6.07) is -0.864. The molecule has 0 fully saturated rings. The maximum Gasteiger partial charge on any atom is 0.326 e. The Labute approximate surface area is 95.1 Å². The fraction of sp³-hybridized carbons (Fsp3) is 0.800. The summed E-state index contributed by atoms with van der Waals surface area (Å²) in [5.41, 5.74) is 5.32. The predicted octanol–water partition coefficient (Wildman–Crippen LogP) is -0.423. The summed E-state index contributed by atoms with van der Waals surface area (Å²) in [6.07, 6.45) is 0.941. The number of carbonyl (C=O) groups excluding carboxylic acids is 1. The monoisotopic (exact) mass is 232 g/mol. The summed E-state index contributed by atoms with van der Waals surface area (Å²) in [4.78, 5) is 22.3. The molecule has 0 aromatic carbocycles. The molecule has 2 atom stereocenters. The average Bonchev–Trinajstić information content (AvgIpc) is 2.26. The van der Waals surface area contributed by atoms with Crippen LogP contribution in [0.4, 0.5) is 0 Å². The van der Waals surface area contributed by atoms with E-state index in [1.807, 2.05) is 0 Å². The van der Waals surface area contributed by atoms with E-state index in [-0.39, 0.29) is 18.4 Å². The quantitative estimate of drug-likeness (QED) is 0.493. The number of aliphatic carboxylic acids is 1. The van der Waals surface area contributed by atoms with Crippen molar-refractivity contribution in [3.8, 4) is 0 Å². The fourth-order valence-electron chi connectivity index (χ4n) is 1.11. The summed E-state index contributed by atoms with van der Waals surface area (Å²) in [5.74, 6) is -1.73. The van der Waals surface area contributed by atoms with Gasteiger partial charge in [-0.1, -0.05) is 6.92 Å². The van der Waals surface area contributed by atoms with Crippen molar-refractivity contribution in [1.29, 1.82) is 0 Å². The minimum absolute atomic E-state index is 0.205. The number of carboxylic acid groups (broad SMARTS) is 1. The molecule has 0 aliphatic rings. The molecule has 0 heterocycles. The molecule has 6 nitrogen and oxygen atoms in total. The van der Waals surface area contributed by atoms with Crippen LogP contribution in [0.5, 0.6) is 0 Å². The third-order valence-corrected chi connectivity index (χ3v) is 2.26. The summed E-state index contributed by atoms with van der Waals surface area (Å²) in [7, 11) is 1.55. The van der Waals surface area contributed by atoms with E-state index in [1.165, 1.54) is 0 Å². The number of nitrogens with one attached hydrogen (secondary N) is 1. The second-order valence-electron chi connectivity index (χ2n) is 3.67. The molecule has 4 N–H and O–H groups in total. The number of hydrogen-bond donors (Lipinski definition) is 3. The highest BCUT2D eigenvalue weighted by molar-refractivity contribution is 5.84. The molecule has 0 saturated carbocycles. The normalized spacial score (nSPS) is 14.2. The molecule has 0 bridgehead atoms. The molecular formula is C10H20N2O4. The van der Waals surface area contributed by atoms with Crippen molar-refractivity contribution in [3.63, 3.8) is 0 Å². The maximum absolute atomic E-state index is 11.4. The van der Waals surface area contributed by atoms with E-state index >= 15 is 0 Å². The van der Waals surface area contributed by atoms with Gasteiger partial charge in [0.2, 0.25) is 5.91 Å². The van der Waals surface area contributed by atoms with E-state index in [9.17, 15) is 9.59 Å². The Morgan fingerprint density at radius 1 is 1.50 bits per heavy atom. The van der Waals surface area contributed by atoms with E-state index in [0.29, 0.717) is 19.4 Å². The van der Waals surface area contributed by atoms with Gasteiger partial charge in [0.25, 0.3) is 0 Å². The van der Waals surface area contributed by atoms with Crippen LogP contribution in [0.2, 0.25) is 0 Å². The SMILES string of the molecule is COCCCC(NC(=O)C(C)CN)C(=O)O. The lowest BCUT2D eigenvalue weighted by atomic mass is 10.1. The Bertz CT molecular complexity index is 233. The van der Waals surface area contributed by atoms with Gasteiger partial charge in [0.1, 0.15) is 6.04 Å². The van der Waals surface area contributed by atoms with Crippen molar-refractivity contribution in [2.45, 2.75) is 25.8 Å². The summed E-state index contributed by atoms with van der Waals surface area (Å²) in [6.45, 7) is 2.34. The number of amides is 1. The van der Waals surface area contributed by atoms with Crippen molar-refractivity contribution < 1.29 is 19.4 Å². The zero-order valence-electron chi connectivity index (χ0n) is 9.73. The van der Waals surface area contributed by atoms with E-state index in [2.05, 4.69) is 5.32 Å². The topological polar surface area (TPSA) is 102 Å². The van der Waals surface area contributed by atoms with Crippen LogP contribution in [0.1, 0.15) is 19.8 Å². The zero-order chi connectivity index (χ0) is 12.6. The van der Waals surface area contributed by atoms with Gasteiger partial charge in [-0.05, 0) is 12.8 Å². The van der Waals surface area contributed by atoms with Gasteiger partial charge >= 0.3 is 5.97 Å². The van der Waals surface area contributed by atoms with Crippen LogP contribution in [0, 0.1) is 5.92 Å². The van der Waals surface area contributed by atoms with Crippen molar-refractivity contribution >= 4 is 11.9 Å². The highest BCUT2D eigenvalue weighted by Crippen LogP contribution is 2.00. The number of rotatable bonds is 8. The van der Waals surface area contributed by atoms with Gasteiger partial charge in [-0.2, -0.15) is 0 Å². The summed E-state index contributed by atoms with van der Waals surface area (Å²) < 4.78 is 4.82. The molecule has 6 heteroatoms. The van der Waals surface area contributed by atoms with Crippen LogP contribution in [-0.4, -0.2) is 43.3 Å². The molecule has 0 aromatic heterocycles. The standard InChI is InChI=1S/C10H20N2O4/c1-7(6-11)9(13)12-8(10(14)15)4-3-5-16-2/h7-8H,3-6,11H2,1-2H3,(H,12,13)(H,14,15). The lowest BCUT2D eigenvalue weighted by Crippen LogP contribution is -2.44. The zero-order valence-corrected chi connectivity index (χ0v) is 9.73. The molecule has 0 rings (SSSR count). The van der Waals surface area contributed by atoms with Crippen LogP contribution in [-0.2, 0) is 14.3 Å². The highest BCUT2D eigenvalue weighted by atomic mass is 16.5. The lowest BCUT2D eigenvalue weighted by Gasteiger charge is -2.16. The number of ether oxygens (including phenoxy) is 1. The van der Waals surface area contributed by atoms with Crippen LogP contribution in [0.3, 0.4) is 0 Å². The summed E-state index contributed by atoms with van der Waals surface area (Å²) >= 11 is 0. The number of carbonyl (C=O) groups is 2. The Morgan fingerprint density at radius 2 is 2.12 bits per heavy atom. The Kier molecular flexibility index (Phi) is 7.49. The molecule has 2 unspecified atom stereocenters. The predicted molar refractivity (Wildman–Crippen MR) is 58.9 cm³/mol. The lowest BCUT2D eigenvalue weighted by molar-refractivity contribution is -0.142. The third-order valence-electron chi connectivity index (χ3n) is 2.26. The molecule has 0 radical (unpaired) electrons. The number of nitrogens with two attached hydrogens (primary N) is 1. The third kappa shape index (κ3) is 5.67. The first-order valence-corrected chi connectivity index (χ1v) is 5.25. The van der Waals surface area contributed by atoms with Gasteiger partial charge < -0.3 is 20.9 Å². The van der Waals surface area contributed by atoms with E-state index in [4.69, 9.17) is 15.6 Å². The van der Waals surface area contributed by atoms with Crippen molar-refractivity contribution in [1.82, 2.24) is 5.32 Å². The van der Waals surface area contributed by atoms with E-state index in [1.54, 1.807) is 14.0 Å². The number of methoxy groups -OCH3 is 1. The molecule has 1 amide bonds. The Balaban J connectivity index is 4.12. The number of hydrogen-bond acceptors (Lipinski definition) is 4. The smallest absolute Gasteiger partial charge is 0.326 e. The summed E-state index contributed by atoms with van der Waals surface area (Å²) in [5, 5.41) is 11.3. The van der Waals surface area contributed by atoms with E-state index in [0.717, 1.165) is 0 Å². The van der Waals surface area contributed by atoms with Gasteiger partial charge in [0, 0.05) is 26.2 Å². The van der Waals surface area contributed by atoms with Gasteiger partial charge in [0.05, 0.1) is 0 Å². The molecule has 16 heavy (non-hydrogen) atoms. The van der Waals surface area contributed by atoms with E-state index < -0.39 is 12.0 Å². The molecule has 0 aliphatic heterocycles. The van der Waals surface area contributed by atoms with Gasteiger partial charge in [-0.3, -0.25) is 4.79 Å². The Hall–Kier alpha value is -1.14. The number of carboxylic acids is 1. The molecule has 0 saturated heterocycles. The van der Waals surface area contributed by atoms with Crippen molar-refractivity contribution in [2.24, 2.45) is 11.7 Å². The first-order valence-electron chi connectivity index (χ1n) is 5.25. The largest absolute Gasteiger partial charge is 0.480 e. The molecule has 0 aromatic rings. The molecule has 0 spiro atoms. The minimum Gasteiger partial charge on any atom is -0.480 e. The second-order valence-corrected chi connectivity index (χ2v) is 3.67. The van der Waals surface area contributed by atoms with Crippen LogP contribution < -0.4 is 11.1 Å². The molecule has 94 valence electrons. The van der Waals surface area contributed by atoms with Gasteiger partial charge in [0.15, 0.2) is 0 Å². The first-order chi connectivity index (χ1) is 7.52. The van der Waals surface area contributed by atoms with Crippen LogP contribution >= 0.6 is 0 Å². The second kappa shape index (κ2) is 8.06. The fourth-order valence-corrected chi connectivity index (χ4v) is 1.11. The van der Waals surface area contributed by atoms with Gasteiger partial charge in [-0.25, -0.2) is 4.79 Å². The maximum atomic E-state index is 11.4. The highest BCUT2D eigenvalue weighted by Gasteiger charge is 2.21. The van der Waals surface area contributed by atoms with Gasteiger partial charge in [-0.15, -0.1) is 0 Å². The van der Waals surface area contributed by atoms with Crippen molar-refractivity contribution in [3.05, 3.63) is 0 Å². The minimum atomic E-state index is -1.03. The first kappa shape index (κ1) is 14.9. The van der Waals surface area contributed by atoms with Crippen LogP contribution in [0.25, 0.3) is 0 Å². The molecular weight excluding hydrogens is 212 g/mol. The van der Waals surface area contributed by atoms with Crippen LogP contribution in [0.15, 0.2) is 0 Å². The molecule has 0 aliphatic carbocycles. The average molecular weight is 232 g/mol.